The first-order valence-electron chi connectivity index (χ1n) is 11.1. The first kappa shape index (κ1) is 24.2. The van der Waals surface area contributed by atoms with E-state index in [9.17, 15) is 19.2 Å². The molecule has 0 spiro atoms. The van der Waals surface area contributed by atoms with Crippen molar-refractivity contribution in [1.82, 2.24) is 10.0 Å². The third kappa shape index (κ3) is 4.30. The fraction of sp³-hybridized carbons (Fsp3) is 0.360. The molecule has 0 bridgehead atoms. The number of nitrogens with zero attached hydrogens (tertiary/aromatic N) is 2. The van der Waals surface area contributed by atoms with E-state index in [0.29, 0.717) is 29.2 Å². The number of methoxy groups -OCH3 is 1. The average Bonchev–Trinajstić information content (AvgIpc) is 3.09. The summed E-state index contributed by atoms with van der Waals surface area (Å²) >= 11 is 12.3. The third-order valence-electron chi connectivity index (χ3n) is 6.52. The maximum absolute atomic E-state index is 13.7. The Labute approximate surface area is 207 Å². The summed E-state index contributed by atoms with van der Waals surface area (Å²) < 4.78 is 5.14. The molecule has 0 radical (unpaired) electrons. The second-order valence-corrected chi connectivity index (χ2v) is 9.37. The summed E-state index contributed by atoms with van der Waals surface area (Å²) in [5, 5.41) is 2.22. The second kappa shape index (κ2) is 9.76. The van der Waals surface area contributed by atoms with E-state index in [1.807, 2.05) is 0 Å². The molecule has 3 atom stereocenters. The minimum absolute atomic E-state index is 0.0379. The molecule has 4 rings (SSSR count). The van der Waals surface area contributed by atoms with Crippen LogP contribution in [0, 0.1) is 11.8 Å². The monoisotopic (exact) mass is 502 g/mol. The Morgan fingerprint density at radius 2 is 1.59 bits per heavy atom. The molecule has 1 saturated carbocycles. The Morgan fingerprint density at radius 3 is 2.12 bits per heavy atom. The minimum atomic E-state index is -1.15. The Bertz CT molecular complexity index is 1130. The summed E-state index contributed by atoms with van der Waals surface area (Å²) in [6, 6.07) is 9.56. The molecule has 9 heteroatoms. The largest absolute Gasteiger partial charge is 0.497 e. The van der Waals surface area contributed by atoms with Crippen LogP contribution >= 0.6 is 23.2 Å². The van der Waals surface area contributed by atoms with Gasteiger partial charge in [0.1, 0.15) is 11.8 Å². The lowest BCUT2D eigenvalue weighted by molar-refractivity contribution is -0.156. The highest BCUT2D eigenvalue weighted by molar-refractivity contribution is 6.36. The van der Waals surface area contributed by atoms with E-state index in [0.717, 1.165) is 22.9 Å². The number of Topliss-reactive ketones (excluding diaryl/α,β-unsaturated/α-hetero) is 1. The molecular weight excluding hydrogens is 479 g/mol. The van der Waals surface area contributed by atoms with Crippen LogP contribution in [0.25, 0.3) is 0 Å². The fourth-order valence-electron chi connectivity index (χ4n) is 4.69. The van der Waals surface area contributed by atoms with Crippen molar-refractivity contribution in [3.63, 3.8) is 0 Å². The number of ether oxygens (including phenoxy) is 1. The highest BCUT2D eigenvalue weighted by Crippen LogP contribution is 2.40. The van der Waals surface area contributed by atoms with Crippen molar-refractivity contribution in [3.05, 3.63) is 63.6 Å². The van der Waals surface area contributed by atoms with E-state index >= 15 is 0 Å². The summed E-state index contributed by atoms with van der Waals surface area (Å²) in [4.78, 5) is 53.8. The molecule has 34 heavy (non-hydrogen) atoms. The molecule has 0 aromatic heterocycles. The Hall–Kier alpha value is -2.90. The van der Waals surface area contributed by atoms with Crippen LogP contribution in [-0.2, 0) is 9.59 Å². The number of fused-ring (bicyclic) bond motifs is 1. The number of ketones is 1. The quantitative estimate of drug-likeness (QED) is 0.418. The van der Waals surface area contributed by atoms with Gasteiger partial charge in [-0.3, -0.25) is 19.2 Å². The van der Waals surface area contributed by atoms with Crippen molar-refractivity contribution in [2.24, 2.45) is 11.8 Å². The lowest BCUT2D eigenvalue weighted by Gasteiger charge is -2.35. The topological polar surface area (TPSA) is 84.0 Å². The predicted molar refractivity (Wildman–Crippen MR) is 127 cm³/mol. The lowest BCUT2D eigenvalue weighted by atomic mass is 9.81. The molecule has 3 amide bonds. The first-order valence-corrected chi connectivity index (χ1v) is 11.8. The van der Waals surface area contributed by atoms with E-state index in [2.05, 4.69) is 0 Å². The van der Waals surface area contributed by atoms with Gasteiger partial charge >= 0.3 is 0 Å². The van der Waals surface area contributed by atoms with Gasteiger partial charge in [0, 0.05) is 10.6 Å². The number of carbonyl (C=O) groups is 4. The van der Waals surface area contributed by atoms with Crippen LogP contribution in [0.4, 0.5) is 0 Å². The second-order valence-electron chi connectivity index (χ2n) is 8.53. The SMILES string of the molecule is COc1ccc(C(=O)[C@H](C)N(C(=O)c2ccc(Cl)cc2Cl)N2C(=O)[C@@H]3CCCC[C@H]3C2=O)cc1. The number of benzene rings is 2. The van der Waals surface area contributed by atoms with E-state index in [1.165, 1.54) is 32.2 Å². The van der Waals surface area contributed by atoms with Gasteiger partial charge in [-0.25, -0.2) is 5.01 Å². The molecule has 1 heterocycles. The van der Waals surface area contributed by atoms with E-state index in [-0.39, 0.29) is 10.6 Å². The third-order valence-corrected chi connectivity index (χ3v) is 7.07. The van der Waals surface area contributed by atoms with Crippen molar-refractivity contribution in [2.75, 3.05) is 7.11 Å². The highest BCUT2D eigenvalue weighted by atomic mass is 35.5. The summed E-state index contributed by atoms with van der Waals surface area (Å²) in [5.74, 6) is -2.47. The smallest absolute Gasteiger partial charge is 0.275 e. The zero-order valence-electron chi connectivity index (χ0n) is 18.8. The van der Waals surface area contributed by atoms with Crippen LogP contribution < -0.4 is 4.74 Å². The van der Waals surface area contributed by atoms with Crippen molar-refractivity contribution in [1.29, 1.82) is 0 Å². The van der Waals surface area contributed by atoms with Gasteiger partial charge in [-0.15, -0.1) is 0 Å². The van der Waals surface area contributed by atoms with Crippen LogP contribution in [0.3, 0.4) is 0 Å². The number of hydrogen-bond acceptors (Lipinski definition) is 5. The van der Waals surface area contributed by atoms with Crippen LogP contribution in [0.1, 0.15) is 53.3 Å². The van der Waals surface area contributed by atoms with Crippen molar-refractivity contribution in [2.45, 2.75) is 38.6 Å². The van der Waals surface area contributed by atoms with Gasteiger partial charge in [-0.2, -0.15) is 5.01 Å². The number of halogens is 2. The van der Waals surface area contributed by atoms with Gasteiger partial charge < -0.3 is 4.74 Å². The number of hydrazine groups is 1. The molecule has 7 nitrogen and oxygen atoms in total. The predicted octanol–water partition coefficient (Wildman–Crippen LogP) is 4.81. The normalized spacial score (nSPS) is 20.6. The molecule has 0 N–H and O–H groups in total. The van der Waals surface area contributed by atoms with Gasteiger partial charge in [0.2, 0.25) is 0 Å². The summed E-state index contributed by atoms with van der Waals surface area (Å²) in [7, 11) is 1.51. The molecule has 0 unspecified atom stereocenters. The Kier molecular flexibility index (Phi) is 6.96. The van der Waals surface area contributed by atoms with E-state index in [4.69, 9.17) is 27.9 Å². The van der Waals surface area contributed by atoms with Crippen LogP contribution in [-0.4, -0.2) is 46.7 Å². The molecule has 1 aliphatic carbocycles. The van der Waals surface area contributed by atoms with E-state index in [1.54, 1.807) is 24.3 Å². The summed E-state index contributed by atoms with van der Waals surface area (Å²) in [5.41, 5.74) is 0.348. The fourth-order valence-corrected chi connectivity index (χ4v) is 5.18. The molecular formula is C25H24Cl2N2O5. The average molecular weight is 503 g/mol. The van der Waals surface area contributed by atoms with Crippen LogP contribution in [0.15, 0.2) is 42.5 Å². The van der Waals surface area contributed by atoms with Crippen molar-refractivity contribution in [3.8, 4) is 5.75 Å². The Balaban J connectivity index is 1.75. The highest BCUT2D eigenvalue weighted by Gasteiger charge is 2.53. The minimum Gasteiger partial charge on any atom is -0.497 e. The number of imide groups is 1. The van der Waals surface area contributed by atoms with Crippen molar-refractivity contribution < 1.29 is 23.9 Å². The summed E-state index contributed by atoms with van der Waals surface area (Å²) in [6.45, 7) is 1.50. The maximum atomic E-state index is 13.7. The van der Waals surface area contributed by atoms with Crippen LogP contribution in [0.5, 0.6) is 5.75 Å². The zero-order valence-corrected chi connectivity index (χ0v) is 20.3. The number of amides is 3. The molecule has 2 aromatic carbocycles. The molecule has 178 valence electrons. The molecule has 2 aliphatic rings. The molecule has 2 aromatic rings. The standard InChI is InChI=1S/C25H24Cl2N2O5/c1-14(22(30)15-7-10-17(34-2)11-8-15)28(25(33)20-12-9-16(26)13-21(20)27)29-23(31)18-5-3-4-6-19(18)24(29)32/h7-14,18-19H,3-6H2,1-2H3/t14-,18+,19+/m0/s1. The van der Waals surface area contributed by atoms with Gasteiger partial charge in [0.25, 0.3) is 17.7 Å². The van der Waals surface area contributed by atoms with Gasteiger partial charge in [0.15, 0.2) is 5.78 Å². The first-order chi connectivity index (χ1) is 16.2. The number of rotatable bonds is 6. The molecule has 1 aliphatic heterocycles. The van der Waals surface area contributed by atoms with Crippen LogP contribution in [0.2, 0.25) is 10.0 Å². The van der Waals surface area contributed by atoms with Gasteiger partial charge in [-0.05, 0) is 62.2 Å². The molecule has 1 saturated heterocycles. The van der Waals surface area contributed by atoms with Crippen molar-refractivity contribution >= 4 is 46.7 Å². The number of hydrogen-bond donors (Lipinski definition) is 0. The summed E-state index contributed by atoms with van der Waals surface area (Å²) in [6.07, 6.45) is 2.84. The van der Waals surface area contributed by atoms with Gasteiger partial charge in [-0.1, -0.05) is 36.0 Å². The Morgan fingerprint density at radius 1 is 1.00 bits per heavy atom. The zero-order chi connectivity index (χ0) is 24.6. The maximum Gasteiger partial charge on any atom is 0.275 e. The molecule has 2 fully saturated rings. The number of carbonyl (C=O) groups excluding carboxylic acids is 4. The lowest BCUT2D eigenvalue weighted by Crippen LogP contribution is -2.56. The van der Waals surface area contributed by atoms with E-state index < -0.39 is 41.4 Å². The van der Waals surface area contributed by atoms with Gasteiger partial charge in [0.05, 0.1) is 29.5 Å².